The normalized spacial score (nSPS) is 10.8. The Balaban J connectivity index is 2.55. The predicted octanol–water partition coefficient (Wildman–Crippen LogP) is 6.33. The second kappa shape index (κ2) is 20.4. The molecular weight excluding hydrogens is 468 g/mol. The Kier molecular flexibility index (Phi) is 17.9. The molecule has 1 aromatic heterocycles. The largest absolute Gasteiger partial charge is 0.457 e. The van der Waals surface area contributed by atoms with Crippen molar-refractivity contribution in [2.24, 2.45) is 0 Å². The first kappa shape index (κ1) is 32.4. The fraction of sp³-hybridized carbons (Fsp3) is 0.724. The summed E-state index contributed by atoms with van der Waals surface area (Å²) in [6.45, 7) is 6.40. The Labute approximate surface area is 224 Å². The third-order valence-electron chi connectivity index (χ3n) is 6.61. The van der Waals surface area contributed by atoms with Crippen molar-refractivity contribution in [1.29, 1.82) is 0 Å². The van der Waals surface area contributed by atoms with Gasteiger partial charge in [-0.1, -0.05) is 96.5 Å². The molecule has 0 fully saturated rings. The van der Waals surface area contributed by atoms with E-state index in [9.17, 15) is 14.4 Å². The molecule has 0 saturated heterocycles. The monoisotopic (exact) mass is 518 g/mol. The Hall–Kier alpha value is -2.64. The summed E-state index contributed by atoms with van der Waals surface area (Å²) in [5.74, 6) is 0.0457. The van der Waals surface area contributed by atoms with Crippen LogP contribution in [0, 0.1) is 0 Å². The van der Waals surface area contributed by atoms with Crippen LogP contribution in [0.4, 0.5) is 5.82 Å². The van der Waals surface area contributed by atoms with E-state index in [4.69, 9.17) is 4.74 Å². The summed E-state index contributed by atoms with van der Waals surface area (Å²) in [7, 11) is 3.10. The van der Waals surface area contributed by atoms with Crippen LogP contribution in [0.2, 0.25) is 0 Å². The molecule has 0 atom stereocenters. The average molecular weight is 519 g/mol. The van der Waals surface area contributed by atoms with Gasteiger partial charge < -0.3 is 19.5 Å². The zero-order chi connectivity index (χ0) is 27.3. The highest BCUT2D eigenvalue weighted by Gasteiger charge is 2.25. The molecule has 0 radical (unpaired) electrons. The molecule has 0 unspecified atom stereocenters. The third-order valence-corrected chi connectivity index (χ3v) is 6.61. The lowest BCUT2D eigenvalue weighted by Gasteiger charge is -2.13. The van der Waals surface area contributed by atoms with Gasteiger partial charge in [-0.15, -0.1) is 6.58 Å². The number of imidazole rings is 1. The minimum atomic E-state index is -0.349. The maximum Gasteiger partial charge on any atom is 0.306 e. The summed E-state index contributed by atoms with van der Waals surface area (Å²) in [5, 5.41) is 2.64. The molecule has 210 valence electrons. The van der Waals surface area contributed by atoms with Gasteiger partial charge in [0.2, 0.25) is 6.41 Å². The van der Waals surface area contributed by atoms with Crippen LogP contribution in [0.1, 0.15) is 126 Å². The molecule has 1 N–H and O–H groups in total. The van der Waals surface area contributed by atoms with Crippen LogP contribution in [0.5, 0.6) is 0 Å². The number of ether oxygens (including phenoxy) is 1. The van der Waals surface area contributed by atoms with Gasteiger partial charge in [0, 0.05) is 27.1 Å². The summed E-state index contributed by atoms with van der Waals surface area (Å²) in [6, 6.07) is 0. The molecule has 8 nitrogen and oxygen atoms in total. The molecule has 0 aliphatic carbocycles. The van der Waals surface area contributed by atoms with Crippen LogP contribution in [-0.2, 0) is 27.5 Å². The van der Waals surface area contributed by atoms with Gasteiger partial charge in [-0.05, 0) is 12.8 Å². The molecule has 0 aliphatic heterocycles. The number of nitrogens with zero attached hydrogens (tertiary/aromatic N) is 3. The number of amides is 2. The summed E-state index contributed by atoms with van der Waals surface area (Å²) in [6.07, 6.45) is 20.8. The molecule has 0 spiro atoms. The van der Waals surface area contributed by atoms with Crippen molar-refractivity contribution in [3.63, 3.8) is 0 Å². The van der Waals surface area contributed by atoms with Crippen LogP contribution < -0.4 is 10.2 Å². The third kappa shape index (κ3) is 12.9. The summed E-state index contributed by atoms with van der Waals surface area (Å²) in [5.41, 5.74) is 0.309. The van der Waals surface area contributed by atoms with E-state index in [2.05, 4.69) is 23.8 Å². The average Bonchev–Trinajstić information content (AvgIpc) is 3.28. The van der Waals surface area contributed by atoms with E-state index in [1.165, 1.54) is 75.5 Å². The highest BCUT2D eigenvalue weighted by Crippen LogP contribution is 2.22. The van der Waals surface area contributed by atoms with E-state index in [-0.39, 0.29) is 30.7 Å². The van der Waals surface area contributed by atoms with Gasteiger partial charge in [0.05, 0.1) is 0 Å². The van der Waals surface area contributed by atoms with E-state index in [1.807, 2.05) is 0 Å². The lowest BCUT2D eigenvalue weighted by molar-refractivity contribution is -0.145. The summed E-state index contributed by atoms with van der Waals surface area (Å²) in [4.78, 5) is 41.9. The van der Waals surface area contributed by atoms with Gasteiger partial charge in [0.25, 0.3) is 5.91 Å². The fourth-order valence-corrected chi connectivity index (χ4v) is 4.38. The first-order valence-corrected chi connectivity index (χ1v) is 14.3. The van der Waals surface area contributed by atoms with Crippen molar-refractivity contribution in [2.45, 2.75) is 123 Å². The number of allylic oxidation sites excluding steroid dienone is 1. The lowest BCUT2D eigenvalue weighted by atomic mass is 10.0. The summed E-state index contributed by atoms with van der Waals surface area (Å²) < 4.78 is 7.17. The van der Waals surface area contributed by atoms with Crippen LogP contribution in [0.25, 0.3) is 0 Å². The van der Waals surface area contributed by atoms with Crippen LogP contribution in [-0.4, -0.2) is 41.9 Å². The van der Waals surface area contributed by atoms with Crippen LogP contribution >= 0.6 is 0 Å². The van der Waals surface area contributed by atoms with Gasteiger partial charge in [0.15, 0.2) is 11.5 Å². The molecule has 2 amide bonds. The molecule has 1 aromatic rings. The smallest absolute Gasteiger partial charge is 0.306 e. The molecule has 0 bridgehead atoms. The number of esters is 1. The molecular formula is C29H50N4O4. The number of rotatable bonds is 23. The molecule has 0 aromatic carbocycles. The van der Waals surface area contributed by atoms with Crippen LogP contribution in [0.3, 0.4) is 0 Å². The number of carbonyl (C=O) groups excluding carboxylic acids is 3. The zero-order valence-electron chi connectivity index (χ0n) is 23.6. The number of aromatic nitrogens is 2. The number of carbonyl (C=O) groups is 3. The highest BCUT2D eigenvalue weighted by atomic mass is 16.5. The first-order chi connectivity index (χ1) is 18.0. The van der Waals surface area contributed by atoms with Crippen molar-refractivity contribution >= 4 is 24.1 Å². The van der Waals surface area contributed by atoms with Gasteiger partial charge in [-0.2, -0.15) is 0 Å². The Bertz CT molecular complexity index is 806. The highest BCUT2D eigenvalue weighted by molar-refractivity contribution is 5.99. The molecule has 0 saturated carbocycles. The van der Waals surface area contributed by atoms with Crippen molar-refractivity contribution in [3.05, 3.63) is 24.2 Å². The minimum absolute atomic E-state index is 0.0503. The van der Waals surface area contributed by atoms with Gasteiger partial charge in [-0.25, -0.2) is 4.98 Å². The molecule has 8 heteroatoms. The van der Waals surface area contributed by atoms with Crippen molar-refractivity contribution in [1.82, 2.24) is 14.9 Å². The van der Waals surface area contributed by atoms with E-state index >= 15 is 0 Å². The Morgan fingerprint density at radius 3 is 2.00 bits per heavy atom. The standard InChI is InChI=1S/C29H50N4O4/c1-5-7-9-10-11-12-13-14-15-16-17-18-19-20-22-33-25(23-37-26(35)21-8-6-2)31-28(32(4)24-34)27(33)29(36)30-3/h6,24H,2,5,7-23H2,1,3-4H3,(H,30,36). The van der Waals surface area contributed by atoms with Crippen molar-refractivity contribution in [2.75, 3.05) is 19.0 Å². The van der Waals surface area contributed by atoms with E-state index in [0.717, 1.165) is 19.3 Å². The predicted molar refractivity (Wildman–Crippen MR) is 150 cm³/mol. The quantitative estimate of drug-likeness (QED) is 0.0791. The maximum absolute atomic E-state index is 12.7. The Morgan fingerprint density at radius 2 is 1.51 bits per heavy atom. The number of hydrogen-bond acceptors (Lipinski definition) is 5. The molecule has 1 heterocycles. The SMILES string of the molecule is C=CCCC(=O)OCc1nc(N(C)C=O)c(C(=O)NC)n1CCCCCCCCCCCCCCCC. The van der Waals surface area contributed by atoms with Crippen molar-refractivity contribution in [3.8, 4) is 0 Å². The van der Waals surface area contributed by atoms with Gasteiger partial charge in [0.1, 0.15) is 12.4 Å². The number of hydrogen-bond donors (Lipinski definition) is 1. The van der Waals surface area contributed by atoms with Gasteiger partial charge >= 0.3 is 5.97 Å². The van der Waals surface area contributed by atoms with E-state index < -0.39 is 0 Å². The maximum atomic E-state index is 12.7. The number of unbranched alkanes of at least 4 members (excludes halogenated alkanes) is 13. The molecule has 37 heavy (non-hydrogen) atoms. The fourth-order valence-electron chi connectivity index (χ4n) is 4.38. The molecule has 0 aliphatic rings. The second-order valence-corrected chi connectivity index (χ2v) is 9.73. The van der Waals surface area contributed by atoms with E-state index in [0.29, 0.717) is 30.9 Å². The topological polar surface area (TPSA) is 93.5 Å². The zero-order valence-corrected chi connectivity index (χ0v) is 23.6. The van der Waals surface area contributed by atoms with Crippen LogP contribution in [0.15, 0.2) is 12.7 Å². The van der Waals surface area contributed by atoms with Gasteiger partial charge in [-0.3, -0.25) is 14.4 Å². The first-order valence-electron chi connectivity index (χ1n) is 14.3. The second-order valence-electron chi connectivity index (χ2n) is 9.73. The lowest BCUT2D eigenvalue weighted by Crippen LogP contribution is -2.26. The van der Waals surface area contributed by atoms with Crippen molar-refractivity contribution < 1.29 is 19.1 Å². The Morgan fingerprint density at radius 1 is 0.973 bits per heavy atom. The summed E-state index contributed by atoms with van der Waals surface area (Å²) >= 11 is 0. The number of nitrogens with one attached hydrogen (secondary N) is 1. The number of anilines is 1. The molecule has 1 rings (SSSR count). The minimum Gasteiger partial charge on any atom is -0.457 e. The van der Waals surface area contributed by atoms with E-state index in [1.54, 1.807) is 24.7 Å².